The zero-order chi connectivity index (χ0) is 11.8. The van der Waals surface area contributed by atoms with Crippen LogP contribution in [0.25, 0.3) is 0 Å². The quantitative estimate of drug-likeness (QED) is 0.764. The third kappa shape index (κ3) is 2.11. The van der Waals surface area contributed by atoms with Crippen molar-refractivity contribution in [3.8, 4) is 0 Å². The zero-order valence-electron chi connectivity index (χ0n) is 9.13. The molecule has 0 spiro atoms. The number of nitrogen functional groups attached to an aromatic ring is 1. The molecule has 5 nitrogen and oxygen atoms in total. The van der Waals surface area contributed by atoms with Crippen LogP contribution in [0.5, 0.6) is 0 Å². The average Bonchev–Trinajstić information content (AvgIpc) is 2.18. The minimum absolute atomic E-state index is 0.0732. The second-order valence-corrected chi connectivity index (χ2v) is 6.30. The fourth-order valence-electron chi connectivity index (χ4n) is 1.96. The van der Waals surface area contributed by atoms with E-state index >= 15 is 0 Å². The van der Waals surface area contributed by atoms with Crippen molar-refractivity contribution < 1.29 is 8.42 Å². The van der Waals surface area contributed by atoms with Crippen LogP contribution in [0.3, 0.4) is 0 Å². The highest BCUT2D eigenvalue weighted by molar-refractivity contribution is 7.91. The maximum atomic E-state index is 11.4. The van der Waals surface area contributed by atoms with Gasteiger partial charge in [0.25, 0.3) is 0 Å². The van der Waals surface area contributed by atoms with Gasteiger partial charge in [-0.2, -0.15) is 0 Å². The first-order valence-electron chi connectivity index (χ1n) is 5.17. The maximum absolute atomic E-state index is 11.4. The molecule has 1 saturated heterocycles. The predicted molar refractivity (Wildman–Crippen MR) is 64.1 cm³/mol. The minimum atomic E-state index is -2.90. The van der Waals surface area contributed by atoms with Crippen LogP contribution in [0.15, 0.2) is 18.3 Å². The Morgan fingerprint density at radius 2 is 2.31 bits per heavy atom. The van der Waals surface area contributed by atoms with Gasteiger partial charge in [0.1, 0.15) is 0 Å². The highest BCUT2D eigenvalue weighted by Gasteiger charge is 2.29. The summed E-state index contributed by atoms with van der Waals surface area (Å²) in [5.74, 6) is 1.03. The Morgan fingerprint density at radius 1 is 1.56 bits per heavy atom. The van der Waals surface area contributed by atoms with E-state index in [4.69, 9.17) is 5.73 Å². The smallest absolute Gasteiger partial charge is 0.154 e. The fourth-order valence-corrected chi connectivity index (χ4v) is 3.52. The summed E-state index contributed by atoms with van der Waals surface area (Å²) < 4.78 is 22.9. The summed E-state index contributed by atoms with van der Waals surface area (Å²) in [6, 6.07) is 3.47. The molecule has 0 radical (unpaired) electrons. The van der Waals surface area contributed by atoms with Crippen LogP contribution in [0.1, 0.15) is 6.92 Å². The lowest BCUT2D eigenvalue weighted by Gasteiger charge is -2.34. The summed E-state index contributed by atoms with van der Waals surface area (Å²) in [5, 5.41) is 0. The van der Waals surface area contributed by atoms with E-state index in [1.807, 2.05) is 11.8 Å². The molecule has 0 amide bonds. The largest absolute Gasteiger partial charge is 0.396 e. The second-order valence-electron chi connectivity index (χ2n) is 4.07. The summed E-state index contributed by atoms with van der Waals surface area (Å²) in [5.41, 5.74) is 6.42. The van der Waals surface area contributed by atoms with Gasteiger partial charge in [-0.1, -0.05) is 0 Å². The van der Waals surface area contributed by atoms with E-state index in [9.17, 15) is 8.42 Å². The number of pyridine rings is 1. The molecule has 0 aromatic carbocycles. The average molecular weight is 241 g/mol. The van der Waals surface area contributed by atoms with Crippen LogP contribution in [-0.2, 0) is 9.84 Å². The second kappa shape index (κ2) is 3.93. The Kier molecular flexibility index (Phi) is 2.75. The monoisotopic (exact) mass is 241 g/mol. The first kappa shape index (κ1) is 11.2. The summed E-state index contributed by atoms with van der Waals surface area (Å²) in [7, 11) is -2.90. The number of nitrogens with two attached hydrogens (primary N) is 1. The van der Waals surface area contributed by atoms with Crippen LogP contribution >= 0.6 is 0 Å². The third-order valence-electron chi connectivity index (χ3n) is 2.76. The maximum Gasteiger partial charge on any atom is 0.154 e. The third-order valence-corrected chi connectivity index (χ3v) is 4.55. The molecule has 1 fully saturated rings. The number of nitrogens with zero attached hydrogens (tertiary/aromatic N) is 2. The van der Waals surface area contributed by atoms with Gasteiger partial charge in [-0.25, -0.2) is 13.4 Å². The van der Waals surface area contributed by atoms with Gasteiger partial charge in [0.15, 0.2) is 15.7 Å². The van der Waals surface area contributed by atoms with Crippen molar-refractivity contribution >= 4 is 21.3 Å². The van der Waals surface area contributed by atoms with Crippen molar-refractivity contribution in [2.24, 2.45) is 0 Å². The molecule has 1 atom stereocenters. The van der Waals surface area contributed by atoms with Crippen molar-refractivity contribution in [1.29, 1.82) is 0 Å². The van der Waals surface area contributed by atoms with E-state index in [1.54, 1.807) is 18.3 Å². The Bertz CT molecular complexity index is 487. The van der Waals surface area contributed by atoms with E-state index < -0.39 is 9.84 Å². The van der Waals surface area contributed by atoms with Gasteiger partial charge in [0.05, 0.1) is 17.2 Å². The molecule has 6 heteroatoms. The molecule has 1 aliphatic heterocycles. The molecule has 88 valence electrons. The van der Waals surface area contributed by atoms with Crippen molar-refractivity contribution in [3.63, 3.8) is 0 Å². The number of hydrogen-bond donors (Lipinski definition) is 1. The normalized spacial score (nSPS) is 24.3. The zero-order valence-corrected chi connectivity index (χ0v) is 9.94. The Labute approximate surface area is 95.2 Å². The number of sulfone groups is 1. The van der Waals surface area contributed by atoms with Crippen molar-refractivity contribution in [2.75, 3.05) is 28.7 Å². The van der Waals surface area contributed by atoms with Gasteiger partial charge in [-0.3, -0.25) is 0 Å². The lowest BCUT2D eigenvalue weighted by molar-refractivity contribution is 0.567. The molecule has 0 aliphatic carbocycles. The predicted octanol–water partition coefficient (Wildman–Crippen LogP) is 0.287. The molecular weight excluding hydrogens is 226 g/mol. The molecule has 2 rings (SSSR count). The van der Waals surface area contributed by atoms with E-state index in [-0.39, 0.29) is 17.5 Å². The number of hydrogen-bond acceptors (Lipinski definition) is 5. The lowest BCUT2D eigenvalue weighted by atomic mass is 10.2. The molecule has 0 saturated carbocycles. The van der Waals surface area contributed by atoms with Gasteiger partial charge in [-0.05, 0) is 19.1 Å². The van der Waals surface area contributed by atoms with Crippen LogP contribution in [0.2, 0.25) is 0 Å². The number of anilines is 2. The SMILES string of the molecule is CC1CS(=O)(=O)CCN1c1ncccc1N. The molecule has 1 aromatic heterocycles. The Hall–Kier alpha value is -1.30. The van der Waals surface area contributed by atoms with Crippen molar-refractivity contribution in [3.05, 3.63) is 18.3 Å². The van der Waals surface area contributed by atoms with Gasteiger partial charge in [0.2, 0.25) is 0 Å². The molecular formula is C10H15N3O2S. The van der Waals surface area contributed by atoms with Crippen LogP contribution in [0, 0.1) is 0 Å². The lowest BCUT2D eigenvalue weighted by Crippen LogP contribution is -2.47. The van der Waals surface area contributed by atoms with Crippen LogP contribution in [-0.4, -0.2) is 37.5 Å². The Morgan fingerprint density at radius 3 is 2.94 bits per heavy atom. The van der Waals surface area contributed by atoms with Crippen molar-refractivity contribution in [2.45, 2.75) is 13.0 Å². The fraction of sp³-hybridized carbons (Fsp3) is 0.500. The number of aromatic nitrogens is 1. The molecule has 2 N–H and O–H groups in total. The van der Waals surface area contributed by atoms with Crippen LogP contribution < -0.4 is 10.6 Å². The van der Waals surface area contributed by atoms with Gasteiger partial charge < -0.3 is 10.6 Å². The van der Waals surface area contributed by atoms with Gasteiger partial charge in [0, 0.05) is 18.8 Å². The van der Waals surface area contributed by atoms with E-state index in [0.29, 0.717) is 18.1 Å². The van der Waals surface area contributed by atoms with E-state index in [2.05, 4.69) is 4.98 Å². The Balaban J connectivity index is 2.27. The van der Waals surface area contributed by atoms with Crippen molar-refractivity contribution in [1.82, 2.24) is 4.98 Å². The van der Waals surface area contributed by atoms with E-state index in [0.717, 1.165) is 0 Å². The first-order valence-corrected chi connectivity index (χ1v) is 6.99. The van der Waals surface area contributed by atoms with Gasteiger partial charge >= 0.3 is 0 Å². The molecule has 1 unspecified atom stereocenters. The first-order chi connectivity index (χ1) is 7.49. The van der Waals surface area contributed by atoms with E-state index in [1.165, 1.54) is 0 Å². The molecule has 16 heavy (non-hydrogen) atoms. The minimum Gasteiger partial charge on any atom is -0.396 e. The highest BCUT2D eigenvalue weighted by Crippen LogP contribution is 2.24. The number of rotatable bonds is 1. The summed E-state index contributed by atoms with van der Waals surface area (Å²) in [6.07, 6.45) is 1.67. The molecule has 1 aromatic rings. The molecule has 0 bridgehead atoms. The molecule has 1 aliphatic rings. The highest BCUT2D eigenvalue weighted by atomic mass is 32.2. The van der Waals surface area contributed by atoms with Crippen LogP contribution in [0.4, 0.5) is 11.5 Å². The summed E-state index contributed by atoms with van der Waals surface area (Å²) in [4.78, 5) is 6.16. The summed E-state index contributed by atoms with van der Waals surface area (Å²) >= 11 is 0. The molecule has 2 heterocycles. The summed E-state index contributed by atoms with van der Waals surface area (Å²) in [6.45, 7) is 2.34. The standard InChI is InChI=1S/C10H15N3O2S/c1-8-7-16(14,15)6-5-13(8)10-9(11)3-2-4-12-10/h2-4,8H,5-7,11H2,1H3. The topological polar surface area (TPSA) is 76.3 Å². The van der Waals surface area contributed by atoms with Gasteiger partial charge in [-0.15, -0.1) is 0 Å².